The molecule has 0 aliphatic carbocycles. The Labute approximate surface area is 131 Å². The van der Waals surface area contributed by atoms with Crippen molar-refractivity contribution in [3.05, 3.63) is 76.6 Å². The number of halogens is 1. The minimum atomic E-state index is -1.03. The van der Waals surface area contributed by atoms with Crippen molar-refractivity contribution in [1.82, 2.24) is 15.0 Å². The van der Waals surface area contributed by atoms with E-state index in [1.54, 1.807) is 10.7 Å². The molecule has 0 fully saturated rings. The summed E-state index contributed by atoms with van der Waals surface area (Å²) in [4.78, 5) is 4.45. The summed E-state index contributed by atoms with van der Waals surface area (Å²) in [6, 6.07) is 15.2. The molecule has 1 N–H and O–H groups in total. The molecule has 3 aromatic rings. The molecule has 0 spiro atoms. The van der Waals surface area contributed by atoms with Crippen LogP contribution in [0.15, 0.2) is 59.7 Å². The summed E-state index contributed by atoms with van der Waals surface area (Å²) >= 11 is 6.16. The molecule has 22 heavy (non-hydrogen) atoms. The lowest BCUT2D eigenvalue weighted by atomic mass is 10.0. The number of aliphatic hydroxyl groups excluding tert-OH is 1. The van der Waals surface area contributed by atoms with Gasteiger partial charge in [-0.05, 0) is 18.2 Å². The number of aliphatic imine (C=N–C) groups is 1. The number of nitrogens with zero attached hydrogens (tertiary/aromatic N) is 4. The average molecular weight is 311 g/mol. The molecule has 2 aromatic carbocycles. The Morgan fingerprint density at radius 2 is 1.91 bits per heavy atom. The van der Waals surface area contributed by atoms with Crippen LogP contribution < -0.4 is 0 Å². The summed E-state index contributed by atoms with van der Waals surface area (Å²) in [5.74, 6) is 0. The first-order chi connectivity index (χ1) is 10.7. The van der Waals surface area contributed by atoms with Crippen LogP contribution in [0.1, 0.15) is 23.0 Å². The smallest absolute Gasteiger partial charge is 0.190 e. The Bertz CT molecular complexity index is 873. The van der Waals surface area contributed by atoms with Crippen LogP contribution in [0.5, 0.6) is 0 Å². The highest BCUT2D eigenvalue weighted by atomic mass is 35.5. The zero-order chi connectivity index (χ0) is 15.1. The van der Waals surface area contributed by atoms with Crippen molar-refractivity contribution in [2.24, 2.45) is 4.99 Å². The van der Waals surface area contributed by atoms with Gasteiger partial charge >= 0.3 is 0 Å². The molecule has 0 bridgehead atoms. The number of aromatic nitrogens is 3. The summed E-state index contributed by atoms with van der Waals surface area (Å²) in [6.45, 7) is 0. The van der Waals surface area contributed by atoms with Crippen LogP contribution in [-0.2, 0) is 0 Å². The molecule has 5 nitrogen and oxygen atoms in total. The lowest BCUT2D eigenvalue weighted by molar-refractivity contribution is 0.181. The summed E-state index contributed by atoms with van der Waals surface area (Å²) in [5.41, 5.74) is 3.70. The van der Waals surface area contributed by atoms with Gasteiger partial charge in [-0.1, -0.05) is 47.1 Å². The van der Waals surface area contributed by atoms with Crippen molar-refractivity contribution in [2.75, 3.05) is 0 Å². The van der Waals surface area contributed by atoms with E-state index in [4.69, 9.17) is 11.6 Å². The highest BCUT2D eigenvalue weighted by Crippen LogP contribution is 2.30. The first kappa shape index (κ1) is 13.2. The third-order valence-corrected chi connectivity index (χ3v) is 3.82. The second-order valence-electron chi connectivity index (χ2n) is 4.95. The fourth-order valence-corrected chi connectivity index (χ4v) is 2.75. The number of benzene rings is 2. The minimum absolute atomic E-state index is 0.523. The van der Waals surface area contributed by atoms with E-state index >= 15 is 0 Å². The second kappa shape index (κ2) is 5.05. The number of fused-ring (bicyclic) bond motifs is 3. The number of rotatable bonds is 1. The molecule has 1 aromatic heterocycles. The maximum atomic E-state index is 10.4. The van der Waals surface area contributed by atoms with Crippen molar-refractivity contribution in [3.8, 4) is 5.69 Å². The minimum Gasteiger partial charge on any atom is -0.367 e. The highest BCUT2D eigenvalue weighted by Gasteiger charge is 2.24. The maximum absolute atomic E-state index is 10.4. The molecule has 0 saturated carbocycles. The van der Waals surface area contributed by atoms with E-state index in [0.29, 0.717) is 16.4 Å². The van der Waals surface area contributed by atoms with Crippen LogP contribution in [0.4, 0.5) is 0 Å². The first-order valence-electron chi connectivity index (χ1n) is 6.76. The largest absolute Gasteiger partial charge is 0.367 e. The summed E-state index contributed by atoms with van der Waals surface area (Å²) in [6.07, 6.45) is 0.483. The van der Waals surface area contributed by atoms with Gasteiger partial charge in [-0.15, -0.1) is 5.10 Å². The molecule has 0 saturated heterocycles. The molecule has 108 valence electrons. The molecule has 1 aliphatic heterocycles. The third kappa shape index (κ3) is 2.03. The van der Waals surface area contributed by atoms with E-state index in [1.807, 2.05) is 42.5 Å². The number of hydrogen-bond donors (Lipinski definition) is 1. The average Bonchev–Trinajstić information content (AvgIpc) is 2.99. The van der Waals surface area contributed by atoms with Crippen molar-refractivity contribution in [1.29, 1.82) is 0 Å². The molecule has 1 aliphatic rings. The summed E-state index contributed by atoms with van der Waals surface area (Å²) in [5, 5.41) is 18.9. The third-order valence-electron chi connectivity index (χ3n) is 3.58. The monoisotopic (exact) mass is 310 g/mol. The summed E-state index contributed by atoms with van der Waals surface area (Å²) in [7, 11) is 0. The molecule has 4 rings (SSSR count). The molecule has 0 radical (unpaired) electrons. The topological polar surface area (TPSA) is 63.3 Å². The van der Waals surface area contributed by atoms with Gasteiger partial charge in [0.2, 0.25) is 0 Å². The van der Waals surface area contributed by atoms with E-state index in [2.05, 4.69) is 15.3 Å². The van der Waals surface area contributed by atoms with Gasteiger partial charge in [-0.25, -0.2) is 9.67 Å². The van der Waals surface area contributed by atoms with Crippen molar-refractivity contribution < 1.29 is 5.11 Å². The Hall–Kier alpha value is -2.50. The predicted octanol–water partition coefficient (Wildman–Crippen LogP) is 2.76. The number of hydrogen-bond acceptors (Lipinski definition) is 4. The molecule has 1 atom stereocenters. The van der Waals surface area contributed by atoms with Crippen LogP contribution in [0.3, 0.4) is 0 Å². The fraction of sp³-hybridized carbons (Fsp3) is 0.0625. The summed E-state index contributed by atoms with van der Waals surface area (Å²) < 4.78 is 1.59. The van der Waals surface area contributed by atoms with E-state index < -0.39 is 6.23 Å². The zero-order valence-corrected chi connectivity index (χ0v) is 12.1. The van der Waals surface area contributed by atoms with E-state index in [-0.39, 0.29) is 0 Å². The van der Waals surface area contributed by atoms with Gasteiger partial charge < -0.3 is 5.11 Å². The van der Waals surface area contributed by atoms with E-state index in [9.17, 15) is 5.11 Å². The normalized spacial score (nSPS) is 16.5. The number of aliphatic hydroxyl groups is 1. The fourth-order valence-electron chi connectivity index (χ4n) is 2.57. The van der Waals surface area contributed by atoms with Crippen molar-refractivity contribution in [2.45, 2.75) is 6.23 Å². The Morgan fingerprint density at radius 3 is 2.73 bits per heavy atom. The van der Waals surface area contributed by atoms with Gasteiger partial charge in [-0.2, -0.15) is 0 Å². The molecular weight excluding hydrogens is 300 g/mol. The highest BCUT2D eigenvalue weighted by molar-refractivity contribution is 6.31. The van der Waals surface area contributed by atoms with Gasteiger partial charge in [0.25, 0.3) is 0 Å². The molecule has 6 heteroatoms. The lowest BCUT2D eigenvalue weighted by Crippen LogP contribution is -2.08. The van der Waals surface area contributed by atoms with Gasteiger partial charge in [0.15, 0.2) is 6.23 Å². The van der Waals surface area contributed by atoms with Crippen molar-refractivity contribution >= 4 is 17.3 Å². The van der Waals surface area contributed by atoms with Crippen LogP contribution >= 0.6 is 11.6 Å². The Kier molecular flexibility index (Phi) is 3.03. The zero-order valence-electron chi connectivity index (χ0n) is 11.4. The Morgan fingerprint density at radius 1 is 1.09 bits per heavy atom. The van der Waals surface area contributed by atoms with Crippen molar-refractivity contribution in [3.63, 3.8) is 0 Å². The van der Waals surface area contributed by atoms with Gasteiger partial charge in [0, 0.05) is 16.1 Å². The molecular formula is C16H11ClN4O. The predicted molar refractivity (Wildman–Crippen MR) is 83.4 cm³/mol. The SMILES string of the molecule is OC1N=C(c2ccccc2)c2cc(Cl)ccc2-n2nncc21. The van der Waals surface area contributed by atoms with Crippen LogP contribution in [-0.4, -0.2) is 25.8 Å². The quantitative estimate of drug-likeness (QED) is 0.751. The van der Waals surface area contributed by atoms with Crippen LogP contribution in [0.2, 0.25) is 5.02 Å². The molecule has 1 unspecified atom stereocenters. The Balaban J connectivity index is 2.03. The van der Waals surface area contributed by atoms with Crippen LogP contribution in [0, 0.1) is 0 Å². The second-order valence-corrected chi connectivity index (χ2v) is 5.39. The van der Waals surface area contributed by atoms with E-state index in [1.165, 1.54) is 6.20 Å². The molecule has 0 amide bonds. The van der Waals surface area contributed by atoms with Gasteiger partial charge in [0.1, 0.15) is 5.69 Å². The maximum Gasteiger partial charge on any atom is 0.190 e. The lowest BCUT2D eigenvalue weighted by Gasteiger charge is -2.10. The molecule has 2 heterocycles. The van der Waals surface area contributed by atoms with Crippen LogP contribution in [0.25, 0.3) is 5.69 Å². The van der Waals surface area contributed by atoms with Gasteiger partial charge in [0.05, 0.1) is 17.6 Å². The first-order valence-corrected chi connectivity index (χ1v) is 7.14. The van der Waals surface area contributed by atoms with E-state index in [0.717, 1.165) is 16.8 Å². The standard InChI is InChI=1S/C16H11ClN4O/c17-11-6-7-13-12(8-11)15(10-4-2-1-3-5-10)19-16(22)14-9-18-20-21(13)14/h1-9,16,22H. The van der Waals surface area contributed by atoms with Gasteiger partial charge in [-0.3, -0.25) is 0 Å².